The molecule has 1 heterocycles. The molecule has 1 aromatic rings. The average molecular weight is 355 g/mol. The number of anilines is 1. The third-order valence-electron chi connectivity index (χ3n) is 4.78. The van der Waals surface area contributed by atoms with Gasteiger partial charge in [-0.1, -0.05) is 29.8 Å². The molecule has 2 aliphatic rings. The molecule has 0 saturated carbocycles. The van der Waals surface area contributed by atoms with Gasteiger partial charge in [-0.25, -0.2) is 4.79 Å². The summed E-state index contributed by atoms with van der Waals surface area (Å²) in [6.07, 6.45) is 4.79. The second-order valence-electron chi connectivity index (χ2n) is 6.74. The van der Waals surface area contributed by atoms with Crippen LogP contribution in [0.5, 0.6) is 0 Å². The Morgan fingerprint density at radius 2 is 1.69 bits per heavy atom. The molecular formula is C19H21N3O4. The lowest BCUT2D eigenvalue weighted by atomic mass is 9.85. The van der Waals surface area contributed by atoms with E-state index in [0.29, 0.717) is 18.5 Å². The summed E-state index contributed by atoms with van der Waals surface area (Å²) in [4.78, 5) is 49.7. The zero-order valence-corrected chi connectivity index (χ0v) is 14.7. The zero-order chi connectivity index (χ0) is 18.8. The molecule has 2 atom stereocenters. The third kappa shape index (κ3) is 3.51. The van der Waals surface area contributed by atoms with Crippen molar-refractivity contribution in [1.82, 2.24) is 10.2 Å². The molecule has 7 nitrogen and oxygen atoms in total. The summed E-state index contributed by atoms with van der Waals surface area (Å²) in [6, 6.07) is 4.82. The van der Waals surface area contributed by atoms with Gasteiger partial charge in [-0.3, -0.25) is 24.6 Å². The van der Waals surface area contributed by atoms with Crippen LogP contribution in [0.4, 0.5) is 10.5 Å². The van der Waals surface area contributed by atoms with Gasteiger partial charge < -0.3 is 5.32 Å². The minimum absolute atomic E-state index is 0.339. The number of urea groups is 1. The number of carbonyl (C=O) groups is 4. The van der Waals surface area contributed by atoms with Crippen molar-refractivity contribution >= 4 is 29.4 Å². The number of amides is 5. The standard InChI is InChI=1S/C19H21N3O4/c1-11-7-8-15(12(2)9-11)20-19(26)21-16(23)10-22-17(24)13-5-3-4-6-14(13)18(22)25/h3-4,7-9,13-14H,5-6,10H2,1-2H3,(H2,20,21,23,26). The smallest absolute Gasteiger partial charge is 0.307 e. The first kappa shape index (κ1) is 17.8. The molecule has 1 saturated heterocycles. The van der Waals surface area contributed by atoms with Gasteiger partial charge in [0.05, 0.1) is 11.8 Å². The number of aryl methyl sites for hydroxylation is 2. The number of fused-ring (bicyclic) bond motifs is 1. The van der Waals surface area contributed by atoms with Crippen LogP contribution in [0.15, 0.2) is 30.4 Å². The second kappa shape index (κ2) is 7.11. The number of nitrogens with zero attached hydrogens (tertiary/aromatic N) is 1. The summed E-state index contributed by atoms with van der Waals surface area (Å²) in [6.45, 7) is 3.35. The highest BCUT2D eigenvalue weighted by atomic mass is 16.2. The molecule has 1 aliphatic heterocycles. The molecule has 1 aliphatic carbocycles. The largest absolute Gasteiger partial charge is 0.325 e. The van der Waals surface area contributed by atoms with E-state index in [-0.39, 0.29) is 23.7 Å². The Kier molecular flexibility index (Phi) is 4.88. The lowest BCUT2D eigenvalue weighted by Crippen LogP contribution is -2.44. The first-order chi connectivity index (χ1) is 12.4. The molecule has 3 rings (SSSR count). The van der Waals surface area contributed by atoms with Crippen LogP contribution in [0.3, 0.4) is 0 Å². The van der Waals surface area contributed by atoms with Crippen LogP contribution in [0, 0.1) is 25.7 Å². The molecule has 7 heteroatoms. The topological polar surface area (TPSA) is 95.6 Å². The predicted octanol–water partition coefficient (Wildman–Crippen LogP) is 1.90. The molecule has 0 spiro atoms. The fourth-order valence-electron chi connectivity index (χ4n) is 3.44. The fraction of sp³-hybridized carbons (Fsp3) is 0.368. The number of nitrogens with one attached hydrogen (secondary N) is 2. The SMILES string of the molecule is Cc1ccc(NC(=O)NC(=O)CN2C(=O)C3CC=CCC3C2=O)c(C)c1. The van der Waals surface area contributed by atoms with Crippen LogP contribution in [-0.4, -0.2) is 35.2 Å². The number of carbonyl (C=O) groups excluding carboxylic acids is 4. The van der Waals surface area contributed by atoms with Crippen LogP contribution in [0.25, 0.3) is 0 Å². The minimum Gasteiger partial charge on any atom is -0.307 e. The van der Waals surface area contributed by atoms with Gasteiger partial charge in [0.25, 0.3) is 0 Å². The molecule has 1 fully saturated rings. The first-order valence-corrected chi connectivity index (χ1v) is 8.55. The lowest BCUT2D eigenvalue weighted by Gasteiger charge is -2.14. The summed E-state index contributed by atoms with van der Waals surface area (Å²) < 4.78 is 0. The van der Waals surface area contributed by atoms with Crippen LogP contribution in [0.1, 0.15) is 24.0 Å². The van der Waals surface area contributed by atoms with Gasteiger partial charge in [-0.15, -0.1) is 0 Å². The molecule has 0 radical (unpaired) electrons. The van der Waals surface area contributed by atoms with Crippen molar-refractivity contribution in [1.29, 1.82) is 0 Å². The Hall–Kier alpha value is -2.96. The van der Waals surface area contributed by atoms with Crippen LogP contribution in [0.2, 0.25) is 0 Å². The molecule has 2 unspecified atom stereocenters. The van der Waals surface area contributed by atoms with Gasteiger partial charge in [0.1, 0.15) is 6.54 Å². The number of rotatable bonds is 3. The van der Waals surface area contributed by atoms with Crippen molar-refractivity contribution in [2.45, 2.75) is 26.7 Å². The fourth-order valence-corrected chi connectivity index (χ4v) is 3.44. The number of benzene rings is 1. The Morgan fingerprint density at radius 3 is 2.27 bits per heavy atom. The molecule has 1 aromatic carbocycles. The van der Waals surface area contributed by atoms with Crippen LogP contribution < -0.4 is 10.6 Å². The Labute approximate surface area is 151 Å². The van der Waals surface area contributed by atoms with E-state index in [4.69, 9.17) is 0 Å². The van der Waals surface area contributed by atoms with E-state index in [1.807, 2.05) is 38.1 Å². The maximum atomic E-state index is 12.3. The number of imide groups is 2. The second-order valence-corrected chi connectivity index (χ2v) is 6.74. The van der Waals surface area contributed by atoms with Gasteiger partial charge in [-0.2, -0.15) is 0 Å². The van der Waals surface area contributed by atoms with E-state index in [0.717, 1.165) is 16.0 Å². The van der Waals surface area contributed by atoms with Crippen molar-refractivity contribution < 1.29 is 19.2 Å². The molecule has 5 amide bonds. The number of hydrogen-bond donors (Lipinski definition) is 2. The summed E-state index contributed by atoms with van der Waals surface area (Å²) in [5.41, 5.74) is 2.52. The van der Waals surface area contributed by atoms with Gasteiger partial charge in [0, 0.05) is 5.69 Å². The maximum Gasteiger partial charge on any atom is 0.325 e. The van der Waals surface area contributed by atoms with Crippen molar-refractivity contribution in [3.05, 3.63) is 41.5 Å². The number of hydrogen-bond acceptors (Lipinski definition) is 4. The molecule has 26 heavy (non-hydrogen) atoms. The molecule has 0 bridgehead atoms. The van der Waals surface area contributed by atoms with Gasteiger partial charge >= 0.3 is 6.03 Å². The summed E-state index contributed by atoms with van der Waals surface area (Å²) in [7, 11) is 0. The Morgan fingerprint density at radius 1 is 1.08 bits per heavy atom. The quantitative estimate of drug-likeness (QED) is 0.639. The third-order valence-corrected chi connectivity index (χ3v) is 4.78. The highest BCUT2D eigenvalue weighted by Gasteiger charge is 2.47. The van der Waals surface area contributed by atoms with Gasteiger partial charge in [0.15, 0.2) is 0 Å². The normalized spacial score (nSPS) is 21.5. The average Bonchev–Trinajstić information content (AvgIpc) is 2.83. The monoisotopic (exact) mass is 355 g/mol. The van der Waals surface area contributed by atoms with E-state index in [9.17, 15) is 19.2 Å². The van der Waals surface area contributed by atoms with Crippen molar-refractivity contribution in [3.8, 4) is 0 Å². The van der Waals surface area contributed by atoms with E-state index >= 15 is 0 Å². The molecule has 2 N–H and O–H groups in total. The summed E-state index contributed by atoms with van der Waals surface area (Å²) in [5.74, 6) is -2.14. The maximum absolute atomic E-state index is 12.3. The number of allylic oxidation sites excluding steroid dienone is 2. The van der Waals surface area contributed by atoms with Crippen molar-refractivity contribution in [2.75, 3.05) is 11.9 Å². The van der Waals surface area contributed by atoms with Crippen molar-refractivity contribution in [3.63, 3.8) is 0 Å². The molecular weight excluding hydrogens is 334 g/mol. The van der Waals surface area contributed by atoms with E-state index < -0.39 is 18.5 Å². The molecule has 0 aromatic heterocycles. The molecule has 136 valence electrons. The van der Waals surface area contributed by atoms with Crippen LogP contribution >= 0.6 is 0 Å². The zero-order valence-electron chi connectivity index (χ0n) is 14.7. The number of likely N-dealkylation sites (tertiary alicyclic amines) is 1. The Bertz CT molecular complexity index is 789. The lowest BCUT2D eigenvalue weighted by molar-refractivity contribution is -0.143. The highest BCUT2D eigenvalue weighted by Crippen LogP contribution is 2.34. The Balaban J connectivity index is 1.58. The van der Waals surface area contributed by atoms with Crippen LogP contribution in [-0.2, 0) is 14.4 Å². The van der Waals surface area contributed by atoms with E-state index in [2.05, 4.69) is 10.6 Å². The van der Waals surface area contributed by atoms with Gasteiger partial charge in [0.2, 0.25) is 17.7 Å². The first-order valence-electron chi connectivity index (χ1n) is 8.55. The van der Waals surface area contributed by atoms with E-state index in [1.165, 1.54) is 0 Å². The summed E-state index contributed by atoms with van der Waals surface area (Å²) >= 11 is 0. The van der Waals surface area contributed by atoms with E-state index in [1.54, 1.807) is 6.07 Å². The minimum atomic E-state index is -0.694. The van der Waals surface area contributed by atoms with Crippen molar-refractivity contribution in [2.24, 2.45) is 11.8 Å². The predicted molar refractivity (Wildman–Crippen MR) is 95.2 cm³/mol. The summed E-state index contributed by atoms with van der Waals surface area (Å²) in [5, 5.41) is 4.77. The highest BCUT2D eigenvalue weighted by molar-refractivity contribution is 6.09. The van der Waals surface area contributed by atoms with Gasteiger partial charge in [-0.05, 0) is 38.3 Å².